The third-order valence-electron chi connectivity index (χ3n) is 3.93. The number of nitrogens with one attached hydrogen (secondary N) is 1. The van der Waals surface area contributed by atoms with Crippen molar-refractivity contribution in [3.8, 4) is 0 Å². The molecule has 0 heterocycles. The highest BCUT2D eigenvalue weighted by Gasteiger charge is 2.31. The maximum Gasteiger partial charge on any atom is 0.221 e. The highest BCUT2D eigenvalue weighted by molar-refractivity contribution is 5.77. The summed E-state index contributed by atoms with van der Waals surface area (Å²) in [5, 5.41) is 3.06. The van der Waals surface area contributed by atoms with Crippen LogP contribution in [-0.2, 0) is 4.79 Å². The van der Waals surface area contributed by atoms with E-state index in [0.29, 0.717) is 25.0 Å². The molecule has 0 bridgehead atoms. The molecule has 18 heavy (non-hydrogen) atoms. The molecule has 0 aromatic carbocycles. The monoisotopic (exact) mass is 253 g/mol. The van der Waals surface area contributed by atoms with Crippen molar-refractivity contribution in [1.29, 1.82) is 0 Å². The van der Waals surface area contributed by atoms with Gasteiger partial charge >= 0.3 is 0 Å². The van der Waals surface area contributed by atoms with Crippen LogP contribution >= 0.6 is 0 Å². The van der Waals surface area contributed by atoms with Crippen LogP contribution in [0.1, 0.15) is 46.0 Å². The van der Waals surface area contributed by atoms with E-state index < -0.39 is 0 Å². The Morgan fingerprint density at radius 1 is 1.33 bits per heavy atom. The van der Waals surface area contributed by atoms with Gasteiger partial charge in [-0.25, -0.2) is 0 Å². The molecule has 1 atom stereocenters. The number of amides is 1. The van der Waals surface area contributed by atoms with E-state index >= 15 is 0 Å². The molecule has 104 valence electrons. The van der Waals surface area contributed by atoms with Crippen LogP contribution < -0.4 is 11.1 Å². The molecule has 0 aromatic heterocycles. The van der Waals surface area contributed by atoms with Gasteiger partial charge in [0, 0.05) is 37.6 Å². The SMILES string of the molecule is CC(C)N(CC1CC1)C(CN)CC(=O)NC1CC1. The summed E-state index contributed by atoms with van der Waals surface area (Å²) >= 11 is 0. The van der Waals surface area contributed by atoms with Crippen molar-refractivity contribution in [3.63, 3.8) is 0 Å². The fourth-order valence-corrected chi connectivity index (χ4v) is 2.44. The van der Waals surface area contributed by atoms with Crippen molar-refractivity contribution in [2.24, 2.45) is 11.7 Å². The first kappa shape index (κ1) is 13.8. The van der Waals surface area contributed by atoms with Gasteiger partial charge in [0.15, 0.2) is 0 Å². The van der Waals surface area contributed by atoms with Crippen LogP contribution in [0, 0.1) is 5.92 Å². The Bertz CT molecular complexity index is 285. The fourth-order valence-electron chi connectivity index (χ4n) is 2.44. The number of nitrogens with zero attached hydrogens (tertiary/aromatic N) is 1. The summed E-state index contributed by atoms with van der Waals surface area (Å²) in [7, 11) is 0. The Morgan fingerprint density at radius 2 is 2.00 bits per heavy atom. The molecule has 0 aliphatic heterocycles. The predicted molar refractivity (Wildman–Crippen MR) is 73.2 cm³/mol. The Hall–Kier alpha value is -0.610. The summed E-state index contributed by atoms with van der Waals surface area (Å²) in [4.78, 5) is 14.3. The molecule has 2 fully saturated rings. The lowest BCUT2D eigenvalue weighted by molar-refractivity contribution is -0.122. The summed E-state index contributed by atoms with van der Waals surface area (Å²) in [6.45, 7) is 6.08. The van der Waals surface area contributed by atoms with Crippen LogP contribution in [0.15, 0.2) is 0 Å². The van der Waals surface area contributed by atoms with E-state index in [1.54, 1.807) is 0 Å². The van der Waals surface area contributed by atoms with E-state index in [-0.39, 0.29) is 11.9 Å². The maximum atomic E-state index is 11.9. The Morgan fingerprint density at radius 3 is 2.44 bits per heavy atom. The number of hydrogen-bond donors (Lipinski definition) is 2. The molecule has 2 aliphatic rings. The zero-order valence-corrected chi connectivity index (χ0v) is 11.7. The molecule has 2 saturated carbocycles. The highest BCUT2D eigenvalue weighted by Crippen LogP contribution is 2.31. The highest BCUT2D eigenvalue weighted by atomic mass is 16.1. The summed E-state index contributed by atoms with van der Waals surface area (Å²) in [5.41, 5.74) is 5.88. The van der Waals surface area contributed by atoms with Gasteiger partial charge in [-0.15, -0.1) is 0 Å². The van der Waals surface area contributed by atoms with Gasteiger partial charge < -0.3 is 11.1 Å². The van der Waals surface area contributed by atoms with Gasteiger partial charge in [0.1, 0.15) is 0 Å². The number of nitrogens with two attached hydrogens (primary N) is 1. The van der Waals surface area contributed by atoms with Crippen molar-refractivity contribution < 1.29 is 4.79 Å². The summed E-state index contributed by atoms with van der Waals surface area (Å²) in [6.07, 6.45) is 5.53. The zero-order valence-electron chi connectivity index (χ0n) is 11.7. The minimum Gasteiger partial charge on any atom is -0.353 e. The van der Waals surface area contributed by atoms with Gasteiger partial charge in [0.25, 0.3) is 0 Å². The topological polar surface area (TPSA) is 58.4 Å². The number of rotatable bonds is 8. The van der Waals surface area contributed by atoms with Crippen LogP contribution in [0.4, 0.5) is 0 Å². The molecular formula is C14H27N3O. The molecule has 3 N–H and O–H groups in total. The van der Waals surface area contributed by atoms with Gasteiger partial charge in [-0.1, -0.05) is 0 Å². The first-order valence-electron chi connectivity index (χ1n) is 7.35. The van der Waals surface area contributed by atoms with Gasteiger partial charge in [0.05, 0.1) is 0 Å². The first-order chi connectivity index (χ1) is 8.60. The molecule has 1 unspecified atom stereocenters. The lowest BCUT2D eigenvalue weighted by Gasteiger charge is -2.34. The van der Waals surface area contributed by atoms with Crippen molar-refractivity contribution in [1.82, 2.24) is 10.2 Å². The molecule has 4 heteroatoms. The number of carbonyl (C=O) groups is 1. The Balaban J connectivity index is 1.83. The number of carbonyl (C=O) groups excluding carboxylic acids is 1. The summed E-state index contributed by atoms with van der Waals surface area (Å²) in [6, 6.07) is 1.11. The lowest BCUT2D eigenvalue weighted by Crippen LogP contribution is -2.48. The molecular weight excluding hydrogens is 226 g/mol. The second-order valence-electron chi connectivity index (χ2n) is 6.17. The molecule has 0 spiro atoms. The van der Waals surface area contributed by atoms with Gasteiger partial charge in [0.2, 0.25) is 5.91 Å². The smallest absolute Gasteiger partial charge is 0.221 e. The molecule has 0 aromatic rings. The van der Waals surface area contributed by atoms with E-state index in [2.05, 4.69) is 24.1 Å². The van der Waals surface area contributed by atoms with Gasteiger partial charge in [-0.2, -0.15) is 0 Å². The maximum absolute atomic E-state index is 11.9. The normalized spacial score (nSPS) is 21.4. The third-order valence-corrected chi connectivity index (χ3v) is 3.93. The zero-order chi connectivity index (χ0) is 13.1. The molecule has 4 nitrogen and oxygen atoms in total. The second kappa shape index (κ2) is 6.02. The number of hydrogen-bond acceptors (Lipinski definition) is 3. The average Bonchev–Trinajstić information content (AvgIpc) is 3.17. The molecule has 2 rings (SSSR count). The molecule has 2 aliphatic carbocycles. The van der Waals surface area contributed by atoms with E-state index in [9.17, 15) is 4.79 Å². The standard InChI is InChI=1S/C14H27N3O/c1-10(2)17(9-11-3-4-11)13(8-15)7-14(18)16-12-5-6-12/h10-13H,3-9,15H2,1-2H3,(H,16,18). The van der Waals surface area contributed by atoms with Crippen LogP contribution in [0.25, 0.3) is 0 Å². The van der Waals surface area contributed by atoms with Crippen molar-refractivity contribution in [3.05, 3.63) is 0 Å². The van der Waals surface area contributed by atoms with E-state index in [0.717, 1.165) is 25.3 Å². The van der Waals surface area contributed by atoms with Gasteiger partial charge in [-0.05, 0) is 45.4 Å². The third kappa shape index (κ3) is 4.25. The summed E-state index contributed by atoms with van der Waals surface area (Å²) < 4.78 is 0. The quantitative estimate of drug-likeness (QED) is 0.681. The van der Waals surface area contributed by atoms with Crippen LogP contribution in [0.2, 0.25) is 0 Å². The predicted octanol–water partition coefficient (Wildman–Crippen LogP) is 1.10. The van der Waals surface area contributed by atoms with Gasteiger partial charge in [-0.3, -0.25) is 9.69 Å². The molecule has 0 saturated heterocycles. The minimum atomic E-state index is 0.175. The van der Waals surface area contributed by atoms with E-state index in [1.807, 2.05) is 0 Å². The fraction of sp³-hybridized carbons (Fsp3) is 0.929. The molecule has 1 amide bonds. The average molecular weight is 253 g/mol. The van der Waals surface area contributed by atoms with Crippen molar-refractivity contribution in [2.75, 3.05) is 13.1 Å². The van der Waals surface area contributed by atoms with Crippen LogP contribution in [0.5, 0.6) is 0 Å². The largest absolute Gasteiger partial charge is 0.353 e. The summed E-state index contributed by atoms with van der Waals surface area (Å²) in [5.74, 6) is 1.02. The first-order valence-corrected chi connectivity index (χ1v) is 7.35. The van der Waals surface area contributed by atoms with E-state index in [4.69, 9.17) is 5.73 Å². The minimum absolute atomic E-state index is 0.175. The Kier molecular flexibility index (Phi) is 4.62. The second-order valence-corrected chi connectivity index (χ2v) is 6.17. The van der Waals surface area contributed by atoms with Crippen LogP contribution in [0.3, 0.4) is 0 Å². The lowest BCUT2D eigenvalue weighted by atomic mass is 10.1. The van der Waals surface area contributed by atoms with Crippen LogP contribution in [-0.4, -0.2) is 42.0 Å². The van der Waals surface area contributed by atoms with E-state index in [1.165, 1.54) is 12.8 Å². The van der Waals surface area contributed by atoms with Crippen molar-refractivity contribution >= 4 is 5.91 Å². The Labute approximate surface area is 110 Å². The van der Waals surface area contributed by atoms with Crippen molar-refractivity contribution in [2.45, 2.75) is 64.1 Å². The molecule has 0 radical (unpaired) electrons.